The molecule has 1 aromatic heterocycles. The van der Waals surface area contributed by atoms with Crippen LogP contribution in [0.4, 0.5) is 0 Å². The summed E-state index contributed by atoms with van der Waals surface area (Å²) in [6.07, 6.45) is 2.89. The highest BCUT2D eigenvalue weighted by atomic mass is 16.6. The number of amides is 1. The summed E-state index contributed by atoms with van der Waals surface area (Å²) in [6.45, 7) is 1.92. The maximum Gasteiger partial charge on any atom is 0.344 e. The molecule has 120 valence electrons. The van der Waals surface area contributed by atoms with E-state index >= 15 is 0 Å². The monoisotopic (exact) mass is 316 g/mol. The van der Waals surface area contributed by atoms with Gasteiger partial charge in [0.15, 0.2) is 12.4 Å². The first kappa shape index (κ1) is 16.3. The number of ether oxygens (including phenoxy) is 2. The summed E-state index contributed by atoms with van der Waals surface area (Å²) >= 11 is 0. The maximum atomic E-state index is 11.6. The first-order chi connectivity index (χ1) is 11.2. The second-order valence-electron chi connectivity index (χ2n) is 4.34. The molecule has 1 N–H and O–H groups in total. The van der Waals surface area contributed by atoms with Crippen molar-refractivity contribution in [1.29, 1.82) is 0 Å². The highest BCUT2D eigenvalue weighted by Crippen LogP contribution is 2.11. The molecule has 7 heteroatoms. The standard InChI is InChI=1S/C16H16N2O5/c1-2-21-15(19)11-23-13-7-5-12(6-8-13)10-17-18-16(20)14-4-3-9-22-14/h3-10H,2,11H2,1H3,(H,18,20)/b17-10-. The third-order valence-electron chi connectivity index (χ3n) is 2.67. The van der Waals surface area contributed by atoms with Crippen molar-refractivity contribution in [2.45, 2.75) is 6.92 Å². The summed E-state index contributed by atoms with van der Waals surface area (Å²) < 4.78 is 15.0. The Labute approximate surface area is 132 Å². The lowest BCUT2D eigenvalue weighted by Gasteiger charge is -2.05. The number of carbonyl (C=O) groups is 2. The van der Waals surface area contributed by atoms with Gasteiger partial charge in [-0.25, -0.2) is 10.2 Å². The van der Waals surface area contributed by atoms with Crippen LogP contribution in [-0.4, -0.2) is 31.3 Å². The first-order valence-corrected chi connectivity index (χ1v) is 6.94. The normalized spacial score (nSPS) is 10.5. The lowest BCUT2D eigenvalue weighted by atomic mass is 10.2. The van der Waals surface area contributed by atoms with Crippen molar-refractivity contribution >= 4 is 18.1 Å². The summed E-state index contributed by atoms with van der Waals surface area (Å²) in [4.78, 5) is 22.7. The molecule has 1 amide bonds. The van der Waals surface area contributed by atoms with Gasteiger partial charge in [-0.15, -0.1) is 0 Å². The minimum Gasteiger partial charge on any atom is -0.482 e. The Hall–Kier alpha value is -3.09. The Balaban J connectivity index is 1.81. The quantitative estimate of drug-likeness (QED) is 0.479. The van der Waals surface area contributed by atoms with Crippen LogP contribution in [0.15, 0.2) is 52.2 Å². The second kappa shape index (κ2) is 8.38. The molecule has 0 bridgehead atoms. The van der Waals surface area contributed by atoms with Crippen molar-refractivity contribution in [3.05, 3.63) is 54.0 Å². The molecule has 0 saturated carbocycles. The van der Waals surface area contributed by atoms with Crippen molar-refractivity contribution in [2.75, 3.05) is 13.2 Å². The molecule has 2 aromatic rings. The number of benzene rings is 1. The minimum atomic E-state index is -0.430. The molecule has 1 aromatic carbocycles. The second-order valence-corrected chi connectivity index (χ2v) is 4.34. The zero-order valence-corrected chi connectivity index (χ0v) is 12.5. The predicted molar refractivity (Wildman–Crippen MR) is 82.3 cm³/mol. The number of hydrogen-bond donors (Lipinski definition) is 1. The molecule has 7 nitrogen and oxygen atoms in total. The van der Waals surface area contributed by atoms with Crippen LogP contribution in [0.1, 0.15) is 23.0 Å². The van der Waals surface area contributed by atoms with Crippen LogP contribution in [0.3, 0.4) is 0 Å². The Morgan fingerprint density at radius 1 is 1.26 bits per heavy atom. The average Bonchev–Trinajstić information content (AvgIpc) is 3.09. The van der Waals surface area contributed by atoms with Crippen LogP contribution in [0.2, 0.25) is 0 Å². The van der Waals surface area contributed by atoms with E-state index in [-0.39, 0.29) is 12.4 Å². The van der Waals surface area contributed by atoms with E-state index in [2.05, 4.69) is 10.5 Å². The summed E-state index contributed by atoms with van der Waals surface area (Å²) in [7, 11) is 0. The van der Waals surface area contributed by atoms with Crippen LogP contribution in [0, 0.1) is 0 Å². The van der Waals surface area contributed by atoms with Gasteiger partial charge in [0.1, 0.15) is 5.75 Å². The van der Waals surface area contributed by atoms with Gasteiger partial charge in [-0.05, 0) is 48.9 Å². The van der Waals surface area contributed by atoms with Crippen molar-refractivity contribution < 1.29 is 23.5 Å². The van der Waals surface area contributed by atoms with E-state index < -0.39 is 11.9 Å². The van der Waals surface area contributed by atoms with E-state index in [1.165, 1.54) is 12.5 Å². The fourth-order valence-electron chi connectivity index (χ4n) is 1.62. The van der Waals surface area contributed by atoms with Crippen LogP contribution in [0.5, 0.6) is 5.75 Å². The molecule has 0 aliphatic carbocycles. The third-order valence-corrected chi connectivity index (χ3v) is 2.67. The molecule has 0 unspecified atom stereocenters. The molecule has 2 rings (SSSR count). The number of hydrazone groups is 1. The largest absolute Gasteiger partial charge is 0.482 e. The number of rotatable bonds is 7. The molecule has 0 saturated heterocycles. The maximum absolute atomic E-state index is 11.6. The van der Waals surface area contributed by atoms with Gasteiger partial charge < -0.3 is 13.9 Å². The Morgan fingerprint density at radius 2 is 2.04 bits per heavy atom. The van der Waals surface area contributed by atoms with Gasteiger partial charge >= 0.3 is 11.9 Å². The average molecular weight is 316 g/mol. The van der Waals surface area contributed by atoms with E-state index in [0.29, 0.717) is 12.4 Å². The van der Waals surface area contributed by atoms with Gasteiger partial charge in [0.2, 0.25) is 0 Å². The molecular formula is C16H16N2O5. The highest BCUT2D eigenvalue weighted by molar-refractivity contribution is 5.92. The van der Waals surface area contributed by atoms with Gasteiger partial charge in [0.05, 0.1) is 19.1 Å². The highest BCUT2D eigenvalue weighted by Gasteiger charge is 2.06. The number of hydrogen-bond acceptors (Lipinski definition) is 6. The van der Waals surface area contributed by atoms with E-state index in [1.807, 2.05) is 0 Å². The van der Waals surface area contributed by atoms with Gasteiger partial charge in [-0.2, -0.15) is 5.10 Å². The van der Waals surface area contributed by atoms with Gasteiger partial charge in [0.25, 0.3) is 0 Å². The molecule has 0 fully saturated rings. The number of esters is 1. The number of furan rings is 1. The molecule has 0 radical (unpaired) electrons. The fraction of sp³-hybridized carbons (Fsp3) is 0.188. The molecule has 0 spiro atoms. The number of nitrogens with one attached hydrogen (secondary N) is 1. The van der Waals surface area contributed by atoms with Crippen molar-refractivity contribution in [3.63, 3.8) is 0 Å². The molecular weight excluding hydrogens is 300 g/mol. The smallest absolute Gasteiger partial charge is 0.344 e. The summed E-state index contributed by atoms with van der Waals surface area (Å²) in [5, 5.41) is 3.83. The van der Waals surface area contributed by atoms with Crippen molar-refractivity contribution in [3.8, 4) is 5.75 Å². The zero-order chi connectivity index (χ0) is 16.5. The predicted octanol–water partition coefficient (Wildman–Crippen LogP) is 1.99. The summed E-state index contributed by atoms with van der Waals surface area (Å²) in [5.41, 5.74) is 3.10. The fourth-order valence-corrected chi connectivity index (χ4v) is 1.62. The topological polar surface area (TPSA) is 90.1 Å². The minimum absolute atomic E-state index is 0.138. The van der Waals surface area contributed by atoms with Gasteiger partial charge in [-0.3, -0.25) is 4.79 Å². The Kier molecular flexibility index (Phi) is 5.93. The van der Waals surface area contributed by atoms with Crippen LogP contribution in [-0.2, 0) is 9.53 Å². The van der Waals surface area contributed by atoms with Crippen LogP contribution >= 0.6 is 0 Å². The van der Waals surface area contributed by atoms with Gasteiger partial charge in [0, 0.05) is 0 Å². The first-order valence-electron chi connectivity index (χ1n) is 6.94. The van der Waals surface area contributed by atoms with E-state index in [4.69, 9.17) is 13.9 Å². The Bertz CT molecular complexity index is 662. The van der Waals surface area contributed by atoms with Crippen molar-refractivity contribution in [2.24, 2.45) is 5.10 Å². The SMILES string of the molecule is CCOC(=O)COc1ccc(/C=N\NC(=O)c2ccco2)cc1. The molecule has 0 aliphatic heterocycles. The van der Waals surface area contributed by atoms with E-state index in [9.17, 15) is 9.59 Å². The lowest BCUT2D eigenvalue weighted by molar-refractivity contribution is -0.145. The zero-order valence-electron chi connectivity index (χ0n) is 12.5. The van der Waals surface area contributed by atoms with E-state index in [0.717, 1.165) is 5.56 Å². The molecule has 0 aliphatic rings. The van der Waals surface area contributed by atoms with Crippen molar-refractivity contribution in [1.82, 2.24) is 5.43 Å². The van der Waals surface area contributed by atoms with Gasteiger partial charge in [-0.1, -0.05) is 0 Å². The summed E-state index contributed by atoms with van der Waals surface area (Å²) in [5.74, 6) is -0.126. The van der Waals surface area contributed by atoms with Crippen LogP contribution < -0.4 is 10.2 Å². The summed E-state index contributed by atoms with van der Waals surface area (Å²) in [6, 6.07) is 10.0. The molecule has 23 heavy (non-hydrogen) atoms. The van der Waals surface area contributed by atoms with Crippen LogP contribution in [0.25, 0.3) is 0 Å². The third kappa shape index (κ3) is 5.31. The Morgan fingerprint density at radius 3 is 2.70 bits per heavy atom. The molecule has 1 heterocycles. The lowest BCUT2D eigenvalue weighted by Crippen LogP contribution is -2.16. The molecule has 0 atom stereocenters. The van der Waals surface area contributed by atoms with E-state index in [1.54, 1.807) is 43.3 Å². The number of carbonyl (C=O) groups excluding carboxylic acids is 2. The number of nitrogens with zero attached hydrogens (tertiary/aromatic N) is 1.